The molecule has 0 bridgehead atoms. The Morgan fingerprint density at radius 2 is 2.13 bits per heavy atom. The summed E-state index contributed by atoms with van der Waals surface area (Å²) in [5.41, 5.74) is 3.58. The molecule has 1 rings (SSSR count). The van der Waals surface area contributed by atoms with Gasteiger partial charge in [0.25, 0.3) is 0 Å². The van der Waals surface area contributed by atoms with Crippen LogP contribution in [0.25, 0.3) is 0 Å². The van der Waals surface area contributed by atoms with Gasteiger partial charge in [0.1, 0.15) is 0 Å². The Balaban J connectivity index is 2.10. The lowest BCUT2D eigenvalue weighted by Crippen LogP contribution is -2.21. The maximum absolute atomic E-state index is 11.0. The zero-order chi connectivity index (χ0) is 10.9. The van der Waals surface area contributed by atoms with Crippen molar-refractivity contribution in [1.29, 1.82) is 0 Å². The lowest BCUT2D eigenvalue weighted by atomic mass is 10.2. The Kier molecular flexibility index (Phi) is 5.88. The molecule has 0 aliphatic carbocycles. The van der Waals surface area contributed by atoms with E-state index in [1.165, 1.54) is 12.7 Å². The van der Waals surface area contributed by atoms with Gasteiger partial charge in [0, 0.05) is 17.9 Å². The minimum absolute atomic E-state index is 0.0712. The van der Waals surface area contributed by atoms with E-state index in [1.807, 2.05) is 18.2 Å². The summed E-state index contributed by atoms with van der Waals surface area (Å²) in [4.78, 5) is 15.5. The van der Waals surface area contributed by atoms with E-state index in [9.17, 15) is 4.79 Å². The predicted molar refractivity (Wildman–Crippen MR) is 62.4 cm³/mol. The Bertz CT molecular complexity index is 290. The van der Waals surface area contributed by atoms with Gasteiger partial charge in [0.2, 0.25) is 5.91 Å². The summed E-state index contributed by atoms with van der Waals surface area (Å²) in [7, 11) is 1.44. The first-order valence-corrected chi connectivity index (χ1v) is 5.92. The van der Waals surface area contributed by atoms with Gasteiger partial charge in [-0.2, -0.15) is 11.8 Å². The van der Waals surface area contributed by atoms with Crippen molar-refractivity contribution in [1.82, 2.24) is 5.48 Å². The number of thioether (sulfide) groups is 1. The van der Waals surface area contributed by atoms with Gasteiger partial charge in [-0.05, 0) is 5.56 Å². The van der Waals surface area contributed by atoms with Crippen LogP contribution in [0, 0.1) is 0 Å². The first kappa shape index (κ1) is 12.1. The van der Waals surface area contributed by atoms with Gasteiger partial charge in [-0.25, -0.2) is 5.48 Å². The molecular weight excluding hydrogens is 210 g/mol. The first-order valence-electron chi connectivity index (χ1n) is 4.76. The van der Waals surface area contributed by atoms with E-state index in [0.717, 1.165) is 11.5 Å². The largest absolute Gasteiger partial charge is 0.277 e. The fourth-order valence-corrected chi connectivity index (χ4v) is 2.00. The average molecular weight is 225 g/mol. The van der Waals surface area contributed by atoms with E-state index in [2.05, 4.69) is 22.5 Å². The van der Waals surface area contributed by atoms with E-state index >= 15 is 0 Å². The van der Waals surface area contributed by atoms with E-state index in [1.54, 1.807) is 11.8 Å². The Morgan fingerprint density at radius 1 is 1.40 bits per heavy atom. The molecule has 1 N–H and O–H groups in total. The molecule has 15 heavy (non-hydrogen) atoms. The molecule has 3 nitrogen and oxygen atoms in total. The van der Waals surface area contributed by atoms with Crippen LogP contribution in [0.1, 0.15) is 12.0 Å². The molecule has 0 saturated heterocycles. The standard InChI is InChI=1S/C11H15NO2S/c1-14-12-11(13)7-8-15-9-10-5-3-2-4-6-10/h2-6H,7-9H2,1H3,(H,12,13). The first-order chi connectivity index (χ1) is 7.33. The molecule has 82 valence electrons. The van der Waals surface area contributed by atoms with Crippen LogP contribution < -0.4 is 5.48 Å². The third-order valence-electron chi connectivity index (χ3n) is 1.80. The van der Waals surface area contributed by atoms with Crippen molar-refractivity contribution in [3.05, 3.63) is 35.9 Å². The third-order valence-corrected chi connectivity index (χ3v) is 2.83. The van der Waals surface area contributed by atoms with E-state index in [-0.39, 0.29) is 5.91 Å². The van der Waals surface area contributed by atoms with Crippen molar-refractivity contribution in [2.45, 2.75) is 12.2 Å². The zero-order valence-electron chi connectivity index (χ0n) is 8.73. The van der Waals surface area contributed by atoms with Gasteiger partial charge in [0.15, 0.2) is 0 Å². The number of rotatable bonds is 6. The second kappa shape index (κ2) is 7.31. The highest BCUT2D eigenvalue weighted by Crippen LogP contribution is 2.12. The highest BCUT2D eigenvalue weighted by atomic mass is 32.2. The molecule has 0 heterocycles. The Morgan fingerprint density at radius 3 is 2.80 bits per heavy atom. The molecule has 0 aliphatic rings. The monoisotopic (exact) mass is 225 g/mol. The lowest BCUT2D eigenvalue weighted by molar-refractivity contribution is -0.130. The van der Waals surface area contributed by atoms with Crippen molar-refractivity contribution >= 4 is 17.7 Å². The molecule has 0 aromatic heterocycles. The van der Waals surface area contributed by atoms with Crippen molar-refractivity contribution in [3.63, 3.8) is 0 Å². The zero-order valence-corrected chi connectivity index (χ0v) is 9.55. The number of carbonyl (C=O) groups is 1. The summed E-state index contributed by atoms with van der Waals surface area (Å²) in [5.74, 6) is 1.68. The maximum Gasteiger partial charge on any atom is 0.244 e. The second-order valence-electron chi connectivity index (χ2n) is 3.02. The summed E-state index contributed by atoms with van der Waals surface area (Å²) < 4.78 is 0. The number of carbonyl (C=O) groups excluding carboxylic acids is 1. The van der Waals surface area contributed by atoms with Crippen LogP contribution in [0.5, 0.6) is 0 Å². The highest BCUT2D eigenvalue weighted by molar-refractivity contribution is 7.98. The van der Waals surface area contributed by atoms with Crippen molar-refractivity contribution in [3.8, 4) is 0 Å². The van der Waals surface area contributed by atoms with Crippen LogP contribution in [-0.2, 0) is 15.4 Å². The molecule has 0 radical (unpaired) electrons. The van der Waals surface area contributed by atoms with E-state index in [4.69, 9.17) is 0 Å². The Hall–Kier alpha value is -1.00. The fraction of sp³-hybridized carbons (Fsp3) is 0.364. The molecule has 0 aliphatic heterocycles. The van der Waals surface area contributed by atoms with E-state index < -0.39 is 0 Å². The van der Waals surface area contributed by atoms with Crippen LogP contribution >= 0.6 is 11.8 Å². The normalized spacial score (nSPS) is 9.93. The molecule has 0 fully saturated rings. The van der Waals surface area contributed by atoms with Crippen molar-refractivity contribution in [2.24, 2.45) is 0 Å². The number of benzene rings is 1. The van der Waals surface area contributed by atoms with Crippen LogP contribution in [0.15, 0.2) is 30.3 Å². The lowest BCUT2D eigenvalue weighted by Gasteiger charge is -2.02. The van der Waals surface area contributed by atoms with Crippen LogP contribution in [0.3, 0.4) is 0 Å². The molecular formula is C11H15NO2S. The average Bonchev–Trinajstić information content (AvgIpc) is 2.26. The second-order valence-corrected chi connectivity index (χ2v) is 4.12. The summed E-state index contributed by atoms with van der Waals surface area (Å²) in [6, 6.07) is 10.2. The van der Waals surface area contributed by atoms with Gasteiger partial charge in [-0.1, -0.05) is 30.3 Å². The number of nitrogens with one attached hydrogen (secondary N) is 1. The Labute approximate surface area is 94.2 Å². The van der Waals surface area contributed by atoms with Crippen molar-refractivity contribution < 1.29 is 9.63 Å². The summed E-state index contributed by atoms with van der Waals surface area (Å²) in [5, 5.41) is 0. The van der Waals surface area contributed by atoms with Crippen molar-refractivity contribution in [2.75, 3.05) is 12.9 Å². The topological polar surface area (TPSA) is 38.3 Å². The predicted octanol–water partition coefficient (Wildman–Crippen LogP) is 1.99. The van der Waals surface area contributed by atoms with E-state index in [0.29, 0.717) is 6.42 Å². The smallest absolute Gasteiger partial charge is 0.244 e. The van der Waals surface area contributed by atoms with Gasteiger partial charge in [-0.3, -0.25) is 9.63 Å². The molecule has 1 aromatic rings. The third kappa shape index (κ3) is 5.44. The maximum atomic E-state index is 11.0. The van der Waals surface area contributed by atoms with Gasteiger partial charge >= 0.3 is 0 Å². The number of hydroxylamine groups is 1. The van der Waals surface area contributed by atoms with Gasteiger partial charge < -0.3 is 0 Å². The quantitative estimate of drug-likeness (QED) is 0.594. The number of hydrogen-bond donors (Lipinski definition) is 1. The summed E-state index contributed by atoms with van der Waals surface area (Å²) in [6.07, 6.45) is 0.491. The minimum atomic E-state index is -0.0712. The summed E-state index contributed by atoms with van der Waals surface area (Å²) in [6.45, 7) is 0. The molecule has 1 aromatic carbocycles. The molecule has 0 spiro atoms. The molecule has 0 saturated carbocycles. The van der Waals surface area contributed by atoms with Crippen LogP contribution in [0.2, 0.25) is 0 Å². The molecule has 4 heteroatoms. The molecule has 1 amide bonds. The van der Waals surface area contributed by atoms with Gasteiger partial charge in [-0.15, -0.1) is 0 Å². The molecule has 0 unspecified atom stereocenters. The molecule has 0 atom stereocenters. The highest BCUT2D eigenvalue weighted by Gasteiger charge is 1.99. The van der Waals surface area contributed by atoms with Crippen LogP contribution in [-0.4, -0.2) is 18.8 Å². The summed E-state index contributed by atoms with van der Waals surface area (Å²) >= 11 is 1.74. The van der Waals surface area contributed by atoms with Gasteiger partial charge in [0.05, 0.1) is 7.11 Å². The SMILES string of the molecule is CONC(=O)CCSCc1ccccc1. The van der Waals surface area contributed by atoms with Crippen LogP contribution in [0.4, 0.5) is 0 Å². The minimum Gasteiger partial charge on any atom is -0.277 e. The fourth-order valence-electron chi connectivity index (χ4n) is 1.09. The number of amides is 1. The number of hydrogen-bond acceptors (Lipinski definition) is 3.